The molecule has 0 saturated carbocycles. The molecule has 2 unspecified atom stereocenters. The molecule has 2 aliphatic rings. The minimum Gasteiger partial charge on any atom is -0.335 e. The second-order valence-corrected chi connectivity index (χ2v) is 4.81. The minimum atomic E-state index is -0.228. The van der Waals surface area contributed by atoms with E-state index < -0.39 is 0 Å². The number of hydrogen-bond acceptors (Lipinski definition) is 3. The van der Waals surface area contributed by atoms with Crippen LogP contribution in [-0.4, -0.2) is 54.0 Å². The lowest BCUT2D eigenvalue weighted by atomic mass is 10.0. The van der Waals surface area contributed by atoms with Crippen LogP contribution in [0.25, 0.3) is 0 Å². The number of likely N-dealkylation sites (tertiary alicyclic amines) is 2. The van der Waals surface area contributed by atoms with Crippen LogP contribution < -0.4 is 5.73 Å². The molecular weight excluding hydrogens is 190 g/mol. The molecule has 0 aliphatic carbocycles. The smallest absolute Gasteiger partial charge is 0.241 e. The average molecular weight is 211 g/mol. The van der Waals surface area contributed by atoms with Crippen LogP contribution in [0.3, 0.4) is 0 Å². The normalized spacial score (nSPS) is 30.1. The summed E-state index contributed by atoms with van der Waals surface area (Å²) in [6.07, 6.45) is 3.97. The van der Waals surface area contributed by atoms with Gasteiger partial charge in [-0.25, -0.2) is 0 Å². The molecule has 0 bridgehead atoms. The van der Waals surface area contributed by atoms with Crippen LogP contribution in [0.5, 0.6) is 0 Å². The van der Waals surface area contributed by atoms with Crippen molar-refractivity contribution in [1.29, 1.82) is 0 Å². The van der Waals surface area contributed by atoms with Crippen molar-refractivity contribution in [3.05, 3.63) is 0 Å². The topological polar surface area (TPSA) is 49.6 Å². The lowest BCUT2D eigenvalue weighted by Gasteiger charge is -2.42. The van der Waals surface area contributed by atoms with Crippen molar-refractivity contribution < 1.29 is 4.79 Å². The van der Waals surface area contributed by atoms with Crippen LogP contribution >= 0.6 is 0 Å². The highest BCUT2D eigenvalue weighted by molar-refractivity contribution is 5.87. The highest BCUT2D eigenvalue weighted by Crippen LogP contribution is 2.15. The van der Waals surface area contributed by atoms with Gasteiger partial charge in [-0.05, 0) is 32.9 Å². The van der Waals surface area contributed by atoms with Gasteiger partial charge in [0, 0.05) is 19.1 Å². The Hall–Kier alpha value is -0.610. The van der Waals surface area contributed by atoms with Crippen LogP contribution in [-0.2, 0) is 4.79 Å². The molecule has 2 rings (SSSR count). The highest BCUT2D eigenvalue weighted by Gasteiger charge is 2.36. The van der Waals surface area contributed by atoms with Gasteiger partial charge in [0.05, 0.1) is 0 Å². The van der Waals surface area contributed by atoms with Gasteiger partial charge in [0.1, 0.15) is 6.04 Å². The first-order valence-corrected chi connectivity index (χ1v) is 5.97. The van der Waals surface area contributed by atoms with E-state index in [1.165, 1.54) is 32.4 Å². The number of carbonyl (C=O) groups is 1. The number of amides is 1. The Morgan fingerprint density at radius 1 is 1.40 bits per heavy atom. The first kappa shape index (κ1) is 10.9. The summed E-state index contributed by atoms with van der Waals surface area (Å²) in [5, 5.41) is 0. The molecule has 0 spiro atoms. The van der Waals surface area contributed by atoms with E-state index in [1.807, 2.05) is 4.90 Å². The second kappa shape index (κ2) is 4.49. The first-order chi connectivity index (χ1) is 7.18. The molecule has 2 fully saturated rings. The van der Waals surface area contributed by atoms with E-state index in [9.17, 15) is 4.79 Å². The number of piperidine rings is 1. The molecule has 1 amide bonds. The van der Waals surface area contributed by atoms with E-state index in [-0.39, 0.29) is 11.9 Å². The maximum Gasteiger partial charge on any atom is 0.241 e. The van der Waals surface area contributed by atoms with Crippen molar-refractivity contribution >= 4 is 5.91 Å². The van der Waals surface area contributed by atoms with Crippen molar-refractivity contribution in [2.45, 2.75) is 38.3 Å². The Morgan fingerprint density at radius 2 is 2.07 bits per heavy atom. The van der Waals surface area contributed by atoms with Gasteiger partial charge in [-0.2, -0.15) is 0 Å². The standard InChI is InChI=1S/C11H21N3O/c1-9(14-8-10(12)11(14)15)7-13-5-3-2-4-6-13/h9-10H,2-8,12H2,1H3. The monoisotopic (exact) mass is 211 g/mol. The summed E-state index contributed by atoms with van der Waals surface area (Å²) in [4.78, 5) is 15.8. The van der Waals surface area contributed by atoms with Gasteiger partial charge in [-0.1, -0.05) is 6.42 Å². The quantitative estimate of drug-likeness (QED) is 0.670. The van der Waals surface area contributed by atoms with Crippen LogP contribution in [0.2, 0.25) is 0 Å². The Labute approximate surface area is 91.4 Å². The lowest BCUT2D eigenvalue weighted by molar-refractivity contribution is -0.145. The third kappa shape index (κ3) is 2.32. The molecule has 2 aliphatic heterocycles. The summed E-state index contributed by atoms with van der Waals surface area (Å²) < 4.78 is 0. The fourth-order valence-electron chi connectivity index (χ4n) is 2.49. The second-order valence-electron chi connectivity index (χ2n) is 4.81. The van der Waals surface area contributed by atoms with Gasteiger partial charge in [-0.3, -0.25) is 4.79 Å². The molecule has 2 atom stereocenters. The van der Waals surface area contributed by atoms with E-state index in [1.54, 1.807) is 0 Å². The summed E-state index contributed by atoms with van der Waals surface area (Å²) in [7, 11) is 0. The van der Waals surface area contributed by atoms with E-state index in [0.29, 0.717) is 6.04 Å². The predicted octanol–water partition coefficient (Wildman–Crippen LogP) is 0.0303. The van der Waals surface area contributed by atoms with E-state index in [0.717, 1.165) is 13.1 Å². The summed E-state index contributed by atoms with van der Waals surface area (Å²) in [6.45, 7) is 6.27. The van der Waals surface area contributed by atoms with Gasteiger partial charge in [0.15, 0.2) is 0 Å². The predicted molar refractivity (Wildman–Crippen MR) is 59.4 cm³/mol. The fourth-order valence-corrected chi connectivity index (χ4v) is 2.49. The molecule has 2 heterocycles. The lowest BCUT2D eigenvalue weighted by Crippen LogP contribution is -2.65. The molecule has 0 radical (unpaired) electrons. The minimum absolute atomic E-state index is 0.125. The first-order valence-electron chi connectivity index (χ1n) is 5.97. The van der Waals surface area contributed by atoms with Crippen LogP contribution in [0.4, 0.5) is 0 Å². The Balaban J connectivity index is 1.76. The fraction of sp³-hybridized carbons (Fsp3) is 0.909. The Bertz CT molecular complexity index is 238. The molecule has 2 N–H and O–H groups in total. The molecule has 86 valence electrons. The van der Waals surface area contributed by atoms with Crippen molar-refractivity contribution in [3.63, 3.8) is 0 Å². The molecule has 4 heteroatoms. The average Bonchev–Trinajstić information content (AvgIpc) is 2.26. The summed E-state index contributed by atoms with van der Waals surface area (Å²) in [5.74, 6) is 0.125. The zero-order valence-electron chi connectivity index (χ0n) is 9.48. The van der Waals surface area contributed by atoms with Gasteiger partial charge in [-0.15, -0.1) is 0 Å². The number of β-lactam (4-membered cyclic amide) rings is 1. The third-order valence-corrected chi connectivity index (χ3v) is 3.50. The van der Waals surface area contributed by atoms with Gasteiger partial charge < -0.3 is 15.5 Å². The van der Waals surface area contributed by atoms with Gasteiger partial charge >= 0.3 is 0 Å². The Kier molecular flexibility index (Phi) is 3.26. The van der Waals surface area contributed by atoms with Crippen LogP contribution in [0.1, 0.15) is 26.2 Å². The van der Waals surface area contributed by atoms with E-state index in [4.69, 9.17) is 5.73 Å². The van der Waals surface area contributed by atoms with Crippen molar-refractivity contribution in [3.8, 4) is 0 Å². The van der Waals surface area contributed by atoms with Crippen LogP contribution in [0.15, 0.2) is 0 Å². The zero-order valence-corrected chi connectivity index (χ0v) is 9.48. The van der Waals surface area contributed by atoms with E-state index >= 15 is 0 Å². The largest absolute Gasteiger partial charge is 0.335 e. The molecule has 0 aromatic heterocycles. The summed E-state index contributed by atoms with van der Waals surface area (Å²) in [5.41, 5.74) is 5.58. The molecule has 4 nitrogen and oxygen atoms in total. The number of carbonyl (C=O) groups excluding carboxylic acids is 1. The maximum absolute atomic E-state index is 11.4. The van der Waals surface area contributed by atoms with Crippen LogP contribution in [0, 0.1) is 0 Å². The van der Waals surface area contributed by atoms with Gasteiger partial charge in [0.2, 0.25) is 5.91 Å². The Morgan fingerprint density at radius 3 is 2.60 bits per heavy atom. The number of nitrogens with zero attached hydrogens (tertiary/aromatic N) is 2. The molecule has 15 heavy (non-hydrogen) atoms. The maximum atomic E-state index is 11.4. The van der Waals surface area contributed by atoms with Gasteiger partial charge in [0.25, 0.3) is 0 Å². The summed E-state index contributed by atoms with van der Waals surface area (Å²) in [6, 6.07) is 0.101. The number of rotatable bonds is 3. The van der Waals surface area contributed by atoms with Crippen molar-refractivity contribution in [1.82, 2.24) is 9.80 Å². The number of hydrogen-bond donors (Lipinski definition) is 1. The molecule has 0 aromatic rings. The SMILES string of the molecule is CC(CN1CCCCC1)N1CC(N)C1=O. The zero-order chi connectivity index (χ0) is 10.8. The third-order valence-electron chi connectivity index (χ3n) is 3.50. The van der Waals surface area contributed by atoms with Crippen molar-refractivity contribution in [2.24, 2.45) is 5.73 Å². The van der Waals surface area contributed by atoms with Crippen molar-refractivity contribution in [2.75, 3.05) is 26.2 Å². The highest BCUT2D eigenvalue weighted by atomic mass is 16.2. The van der Waals surface area contributed by atoms with E-state index in [2.05, 4.69) is 11.8 Å². The molecular formula is C11H21N3O. The molecule has 0 aromatic carbocycles. The number of nitrogens with two attached hydrogens (primary N) is 1. The summed E-state index contributed by atoms with van der Waals surface area (Å²) >= 11 is 0. The molecule has 2 saturated heterocycles.